The van der Waals surface area contributed by atoms with E-state index in [1.54, 1.807) is 60.3 Å². The number of fused-ring (bicyclic) bond motifs is 2. The predicted molar refractivity (Wildman–Crippen MR) is 150 cm³/mol. The molecular weight excluding hydrogens is 572 g/mol. The molecule has 2 saturated heterocycles. The number of hydrogen-bond donors (Lipinski definition) is 0. The molecule has 0 saturated carbocycles. The zero-order chi connectivity index (χ0) is 29.1. The molecule has 0 spiro atoms. The second-order valence-corrected chi connectivity index (χ2v) is 14.2. The van der Waals surface area contributed by atoms with Crippen molar-refractivity contribution in [3.8, 4) is 0 Å². The van der Waals surface area contributed by atoms with Crippen molar-refractivity contribution in [3.63, 3.8) is 0 Å². The van der Waals surface area contributed by atoms with Gasteiger partial charge in [0.05, 0.1) is 11.5 Å². The Balaban J connectivity index is 0.000000165. The average Bonchev–Trinajstić information content (AvgIpc) is 3.65. The van der Waals surface area contributed by atoms with Crippen LogP contribution in [0.1, 0.15) is 46.4 Å². The van der Waals surface area contributed by atoms with Crippen LogP contribution < -0.4 is 0 Å². The normalized spacial score (nSPS) is 20.7. The van der Waals surface area contributed by atoms with Crippen LogP contribution in [-0.2, 0) is 20.6 Å². The second-order valence-electron chi connectivity index (χ2n) is 10.2. The number of sulfone groups is 1. The van der Waals surface area contributed by atoms with E-state index < -0.39 is 20.6 Å². The Morgan fingerprint density at radius 2 is 1.15 bits per heavy atom. The molecule has 15 heteroatoms. The molecule has 0 N–H and O–H groups in total. The third-order valence-electron chi connectivity index (χ3n) is 7.62. The average molecular weight is 603 g/mol. The maximum absolute atomic E-state index is 12.5. The van der Waals surface area contributed by atoms with Crippen molar-refractivity contribution < 1.29 is 31.5 Å². The number of carbonyl (C=O) groups is 2. The van der Waals surface area contributed by atoms with Gasteiger partial charge >= 0.3 is 0 Å². The highest BCUT2D eigenvalue weighted by Crippen LogP contribution is 2.21. The molecule has 2 aliphatic rings. The number of benzene rings is 2. The Morgan fingerprint density at radius 3 is 1.61 bits per heavy atom. The van der Waals surface area contributed by atoms with Gasteiger partial charge in [0.2, 0.25) is 0 Å². The molecule has 0 atom stereocenters. The predicted octanol–water partition coefficient (Wildman–Crippen LogP) is 2.08. The summed E-state index contributed by atoms with van der Waals surface area (Å²) in [4.78, 5) is 28.3. The van der Waals surface area contributed by atoms with Gasteiger partial charge in [-0.15, -0.1) is 0 Å². The van der Waals surface area contributed by atoms with Gasteiger partial charge in [-0.1, -0.05) is 0 Å². The largest absolute Gasteiger partial charge is 0.339 e. The molecule has 2 aliphatic heterocycles. The lowest BCUT2D eigenvalue weighted by Crippen LogP contribution is -2.42. The molecule has 0 bridgehead atoms. The van der Waals surface area contributed by atoms with Crippen LogP contribution in [0.5, 0.6) is 0 Å². The van der Waals surface area contributed by atoms with Crippen LogP contribution in [0.3, 0.4) is 0 Å². The topological polar surface area (TPSA) is 170 Å². The number of carbonyl (C=O) groups excluding carboxylic acids is 2. The van der Waals surface area contributed by atoms with Crippen molar-refractivity contribution >= 4 is 54.5 Å². The molecule has 218 valence electrons. The van der Waals surface area contributed by atoms with Gasteiger partial charge in [0.15, 0.2) is 0 Å². The van der Waals surface area contributed by atoms with Crippen molar-refractivity contribution in [1.82, 2.24) is 30.4 Å². The molecule has 0 radical (unpaired) electrons. The molecule has 2 amide bonds. The molecular formula is C26H30N6O7S2. The molecule has 2 fully saturated rings. The molecule has 0 aliphatic carbocycles. The number of rotatable bonds is 4. The fourth-order valence-electron chi connectivity index (χ4n) is 5.00. The van der Waals surface area contributed by atoms with E-state index in [1.807, 2.05) is 0 Å². The van der Waals surface area contributed by atoms with E-state index >= 15 is 0 Å². The van der Waals surface area contributed by atoms with Crippen LogP contribution >= 0.6 is 0 Å². The van der Waals surface area contributed by atoms with Gasteiger partial charge in [0.25, 0.3) is 11.8 Å². The van der Waals surface area contributed by atoms with Gasteiger partial charge in [-0.25, -0.2) is 17.7 Å². The zero-order valence-electron chi connectivity index (χ0n) is 22.6. The van der Waals surface area contributed by atoms with E-state index in [4.69, 9.17) is 0 Å². The van der Waals surface area contributed by atoms with Gasteiger partial charge in [0, 0.05) is 59.6 Å². The standard InChI is InChI=1S/C13H15N3O4S.C13H15N3O3S/c1-16(10-4-6-21(18,19)7-5-10)13(17)9-2-3-11-12(8-9)15-20-14-11;1-16(10-4-6-20(18)7-5-10)13(17)9-2-3-11-12(8-9)15-19-14-11/h2-3,8,10H,4-7H2,1H3;2-3,8,10H,4-7H2,1H3. The smallest absolute Gasteiger partial charge is 0.253 e. The van der Waals surface area contributed by atoms with Crippen molar-refractivity contribution in [1.29, 1.82) is 0 Å². The highest BCUT2D eigenvalue weighted by Gasteiger charge is 2.29. The number of aromatic nitrogens is 4. The first-order chi connectivity index (χ1) is 19.6. The lowest BCUT2D eigenvalue weighted by molar-refractivity contribution is 0.0715. The Labute approximate surface area is 238 Å². The summed E-state index contributed by atoms with van der Waals surface area (Å²) < 4.78 is 43.5. The first kappa shape index (κ1) is 28.8. The highest BCUT2D eigenvalue weighted by atomic mass is 32.2. The second kappa shape index (κ2) is 12.0. The Morgan fingerprint density at radius 1 is 0.732 bits per heavy atom. The Hall–Kier alpha value is -3.72. The number of hydrogen-bond acceptors (Lipinski definition) is 11. The first-order valence-electron chi connectivity index (χ1n) is 13.2. The summed E-state index contributed by atoms with van der Waals surface area (Å²) in [6, 6.07) is 10.2. The molecule has 0 unspecified atom stereocenters. The summed E-state index contributed by atoms with van der Waals surface area (Å²) in [5, 5.41) is 14.9. The van der Waals surface area contributed by atoms with Crippen LogP contribution in [0.2, 0.25) is 0 Å². The van der Waals surface area contributed by atoms with Gasteiger partial charge in [-0.05, 0) is 82.7 Å². The summed E-state index contributed by atoms with van der Waals surface area (Å²) in [6.07, 6.45) is 2.56. The van der Waals surface area contributed by atoms with Crippen molar-refractivity contribution in [2.45, 2.75) is 37.8 Å². The minimum Gasteiger partial charge on any atom is -0.339 e. The van der Waals surface area contributed by atoms with E-state index in [-0.39, 0.29) is 35.4 Å². The number of amides is 2. The van der Waals surface area contributed by atoms with E-state index in [1.165, 1.54) is 0 Å². The van der Waals surface area contributed by atoms with Crippen LogP contribution in [0, 0.1) is 0 Å². The zero-order valence-corrected chi connectivity index (χ0v) is 24.3. The van der Waals surface area contributed by atoms with Gasteiger partial charge in [0.1, 0.15) is 31.9 Å². The van der Waals surface area contributed by atoms with E-state index in [2.05, 4.69) is 29.9 Å². The van der Waals surface area contributed by atoms with Gasteiger partial charge < -0.3 is 9.80 Å². The van der Waals surface area contributed by atoms with Crippen LogP contribution in [0.4, 0.5) is 0 Å². The van der Waals surface area contributed by atoms with Gasteiger partial charge in [-0.2, -0.15) is 0 Å². The first-order valence-corrected chi connectivity index (χ1v) is 16.5. The minimum atomic E-state index is -2.93. The van der Waals surface area contributed by atoms with Gasteiger partial charge in [-0.3, -0.25) is 13.8 Å². The minimum absolute atomic E-state index is 0.0485. The van der Waals surface area contributed by atoms with Crippen molar-refractivity contribution in [3.05, 3.63) is 47.5 Å². The fraction of sp³-hybridized carbons (Fsp3) is 0.462. The lowest BCUT2D eigenvalue weighted by Gasteiger charge is -2.31. The molecule has 13 nitrogen and oxygen atoms in total. The SMILES string of the molecule is CN(C(=O)c1ccc2nonc2c1)C1CCS(=O)(=O)CC1.CN(C(=O)c1ccc2nonc2c1)C1CCS(=O)CC1. The quantitative estimate of drug-likeness (QED) is 0.335. The monoisotopic (exact) mass is 602 g/mol. The van der Waals surface area contributed by atoms with E-state index in [9.17, 15) is 22.2 Å². The van der Waals surface area contributed by atoms with Crippen LogP contribution in [0.15, 0.2) is 45.7 Å². The molecule has 6 rings (SSSR count). The lowest BCUT2D eigenvalue weighted by atomic mass is 10.1. The van der Waals surface area contributed by atoms with E-state index in [0.29, 0.717) is 57.5 Å². The fourth-order valence-corrected chi connectivity index (χ4v) is 7.74. The highest BCUT2D eigenvalue weighted by molar-refractivity contribution is 7.91. The molecule has 41 heavy (non-hydrogen) atoms. The number of nitrogens with zero attached hydrogens (tertiary/aromatic N) is 6. The Kier molecular flexibility index (Phi) is 8.45. The summed E-state index contributed by atoms with van der Waals surface area (Å²) >= 11 is 0. The van der Waals surface area contributed by atoms with Crippen molar-refractivity contribution in [2.75, 3.05) is 37.1 Å². The van der Waals surface area contributed by atoms with Crippen LogP contribution in [-0.4, -0.2) is 104 Å². The maximum Gasteiger partial charge on any atom is 0.253 e. The van der Waals surface area contributed by atoms with Crippen molar-refractivity contribution in [2.24, 2.45) is 0 Å². The summed E-state index contributed by atoms with van der Waals surface area (Å²) in [5.74, 6) is 1.43. The summed E-state index contributed by atoms with van der Waals surface area (Å²) in [7, 11) is -0.144. The van der Waals surface area contributed by atoms with Crippen LogP contribution in [0.25, 0.3) is 22.1 Å². The summed E-state index contributed by atoms with van der Waals surface area (Å²) in [6.45, 7) is 0. The summed E-state index contributed by atoms with van der Waals surface area (Å²) in [5.41, 5.74) is 3.40. The molecule has 4 heterocycles. The molecule has 4 aromatic rings. The molecule has 2 aromatic heterocycles. The van der Waals surface area contributed by atoms with E-state index in [0.717, 1.165) is 12.8 Å². The maximum atomic E-state index is 12.5. The third-order valence-corrected chi connectivity index (χ3v) is 10.7. The Bertz CT molecular complexity index is 1680. The molecule has 2 aromatic carbocycles. The third kappa shape index (κ3) is 6.62.